The molecule has 3 rings (SSSR count). The van der Waals surface area contributed by atoms with Gasteiger partial charge in [0.15, 0.2) is 23.0 Å². The van der Waals surface area contributed by atoms with Gasteiger partial charge in [0, 0.05) is 23.7 Å². The number of amides is 1. The zero-order valence-corrected chi connectivity index (χ0v) is 15.6. The molecule has 0 aliphatic carbocycles. The maximum Gasteiger partial charge on any atom is 0.255 e. The lowest BCUT2D eigenvalue weighted by Crippen LogP contribution is -2.13. The number of hydrogen-bond donors (Lipinski definition) is 1. The summed E-state index contributed by atoms with van der Waals surface area (Å²) in [5.74, 6) is 1.77. The van der Waals surface area contributed by atoms with Crippen LogP contribution in [-0.4, -0.2) is 33.3 Å². The Balaban J connectivity index is 1.89. The molecule has 0 bridgehead atoms. The number of anilines is 1. The molecule has 1 aliphatic heterocycles. The molecule has 6 nitrogen and oxygen atoms in total. The summed E-state index contributed by atoms with van der Waals surface area (Å²) in [7, 11) is 3.11. The Bertz CT molecular complexity index is 837. The first-order chi connectivity index (χ1) is 12.5. The van der Waals surface area contributed by atoms with Gasteiger partial charge in [-0.15, -0.1) is 0 Å². The second-order valence-electron chi connectivity index (χ2n) is 5.81. The normalized spacial score (nSPS) is 12.9. The number of fused-ring (bicyclic) bond motifs is 1. The van der Waals surface area contributed by atoms with Crippen LogP contribution in [0.3, 0.4) is 0 Å². The molecule has 1 amide bonds. The first-order valence-corrected chi connectivity index (χ1v) is 8.54. The van der Waals surface area contributed by atoms with Crippen molar-refractivity contribution in [1.29, 1.82) is 0 Å². The van der Waals surface area contributed by atoms with Crippen LogP contribution in [0.4, 0.5) is 5.69 Å². The number of carbonyl (C=O) groups excluding carboxylic acids is 1. The van der Waals surface area contributed by atoms with Crippen LogP contribution in [0, 0.1) is 6.92 Å². The molecule has 0 unspecified atom stereocenters. The molecular weight excluding hydrogens is 358 g/mol. The number of carbonyl (C=O) groups is 1. The highest BCUT2D eigenvalue weighted by molar-refractivity contribution is 6.32. The molecule has 0 spiro atoms. The molecule has 1 aliphatic rings. The molecule has 2 aromatic rings. The minimum Gasteiger partial charge on any atom is -0.493 e. The lowest BCUT2D eigenvalue weighted by atomic mass is 10.1. The van der Waals surface area contributed by atoms with Crippen LogP contribution in [0.2, 0.25) is 5.02 Å². The maximum atomic E-state index is 12.7. The van der Waals surface area contributed by atoms with E-state index in [9.17, 15) is 4.79 Å². The molecule has 0 saturated heterocycles. The van der Waals surface area contributed by atoms with Gasteiger partial charge in [0.25, 0.3) is 5.91 Å². The minimum atomic E-state index is -0.308. The lowest BCUT2D eigenvalue weighted by molar-refractivity contribution is 0.102. The molecule has 138 valence electrons. The van der Waals surface area contributed by atoms with Crippen LogP contribution in [0.15, 0.2) is 24.3 Å². The summed E-state index contributed by atoms with van der Waals surface area (Å²) >= 11 is 6.26. The number of rotatable bonds is 4. The van der Waals surface area contributed by atoms with Crippen molar-refractivity contribution in [3.8, 4) is 23.0 Å². The number of halogens is 1. The number of ether oxygens (including phenoxy) is 4. The van der Waals surface area contributed by atoms with Gasteiger partial charge in [-0.2, -0.15) is 0 Å². The average Bonchev–Trinajstić information content (AvgIpc) is 2.88. The van der Waals surface area contributed by atoms with Crippen LogP contribution in [0.1, 0.15) is 22.3 Å². The highest BCUT2D eigenvalue weighted by atomic mass is 35.5. The standard InChI is InChI=1S/C19H20ClNO5/c1-11-7-15(23-2)16(24-3)10-14(11)21-19(22)12-8-13(20)18-17(9-12)25-5-4-6-26-18/h7-10H,4-6H2,1-3H3,(H,21,22). The van der Waals surface area contributed by atoms with Gasteiger partial charge in [0.2, 0.25) is 0 Å². The van der Waals surface area contributed by atoms with Gasteiger partial charge < -0.3 is 24.3 Å². The summed E-state index contributed by atoms with van der Waals surface area (Å²) in [6, 6.07) is 6.73. The van der Waals surface area contributed by atoms with E-state index in [-0.39, 0.29) is 5.91 Å². The van der Waals surface area contributed by atoms with E-state index in [2.05, 4.69) is 5.32 Å². The average molecular weight is 378 g/mol. The number of aryl methyl sites for hydroxylation is 1. The van der Waals surface area contributed by atoms with E-state index in [1.807, 2.05) is 6.92 Å². The molecular formula is C19H20ClNO5. The Morgan fingerprint density at radius 1 is 1.08 bits per heavy atom. The minimum absolute atomic E-state index is 0.308. The summed E-state index contributed by atoms with van der Waals surface area (Å²) in [6.07, 6.45) is 0.761. The summed E-state index contributed by atoms with van der Waals surface area (Å²) in [5.41, 5.74) is 1.85. The molecule has 0 radical (unpaired) electrons. The fourth-order valence-corrected chi connectivity index (χ4v) is 2.94. The van der Waals surface area contributed by atoms with Gasteiger partial charge in [-0.3, -0.25) is 4.79 Å². The zero-order chi connectivity index (χ0) is 18.7. The van der Waals surface area contributed by atoms with Gasteiger partial charge >= 0.3 is 0 Å². The monoisotopic (exact) mass is 377 g/mol. The van der Waals surface area contributed by atoms with Crippen molar-refractivity contribution in [2.24, 2.45) is 0 Å². The molecule has 7 heteroatoms. The van der Waals surface area contributed by atoms with E-state index < -0.39 is 0 Å². The molecule has 0 saturated carbocycles. The number of nitrogens with one attached hydrogen (secondary N) is 1. The highest BCUT2D eigenvalue weighted by Crippen LogP contribution is 2.38. The lowest BCUT2D eigenvalue weighted by Gasteiger charge is -2.15. The summed E-state index contributed by atoms with van der Waals surface area (Å²) in [4.78, 5) is 12.7. The van der Waals surface area contributed by atoms with E-state index in [0.29, 0.717) is 52.5 Å². The van der Waals surface area contributed by atoms with E-state index in [1.54, 1.807) is 38.5 Å². The SMILES string of the molecule is COc1cc(C)c(NC(=O)c2cc(Cl)c3c(c2)OCCCO3)cc1OC. The third-order valence-corrected chi connectivity index (χ3v) is 4.32. The van der Waals surface area contributed by atoms with Crippen molar-refractivity contribution in [2.75, 3.05) is 32.8 Å². The van der Waals surface area contributed by atoms with Gasteiger partial charge in [-0.05, 0) is 30.7 Å². The zero-order valence-electron chi connectivity index (χ0n) is 14.8. The summed E-state index contributed by atoms with van der Waals surface area (Å²) in [6.45, 7) is 2.92. The molecule has 0 atom stereocenters. The number of benzene rings is 2. The Hall–Kier alpha value is -2.60. The van der Waals surface area contributed by atoms with E-state index in [0.717, 1.165) is 12.0 Å². The Kier molecular flexibility index (Phi) is 5.42. The molecule has 0 fully saturated rings. The Morgan fingerprint density at radius 3 is 2.50 bits per heavy atom. The van der Waals surface area contributed by atoms with Crippen LogP contribution in [-0.2, 0) is 0 Å². The van der Waals surface area contributed by atoms with Crippen molar-refractivity contribution >= 4 is 23.2 Å². The van der Waals surface area contributed by atoms with Gasteiger partial charge in [-0.1, -0.05) is 11.6 Å². The van der Waals surface area contributed by atoms with E-state index in [1.165, 1.54) is 0 Å². The largest absolute Gasteiger partial charge is 0.493 e. The molecule has 1 heterocycles. The van der Waals surface area contributed by atoms with E-state index >= 15 is 0 Å². The van der Waals surface area contributed by atoms with Gasteiger partial charge in [0.1, 0.15) is 0 Å². The topological polar surface area (TPSA) is 66.0 Å². The fourth-order valence-electron chi connectivity index (χ4n) is 2.67. The van der Waals surface area contributed by atoms with E-state index in [4.69, 9.17) is 30.5 Å². The third-order valence-electron chi connectivity index (χ3n) is 4.04. The van der Waals surface area contributed by atoms with Crippen molar-refractivity contribution in [1.82, 2.24) is 0 Å². The summed E-state index contributed by atoms with van der Waals surface area (Å²) < 4.78 is 21.8. The second-order valence-corrected chi connectivity index (χ2v) is 6.22. The summed E-state index contributed by atoms with van der Waals surface area (Å²) in [5, 5.41) is 3.22. The van der Waals surface area contributed by atoms with Crippen molar-refractivity contribution in [2.45, 2.75) is 13.3 Å². The quantitative estimate of drug-likeness (QED) is 0.869. The smallest absolute Gasteiger partial charge is 0.255 e. The molecule has 2 aromatic carbocycles. The Labute approximate surface area is 157 Å². The highest BCUT2D eigenvalue weighted by Gasteiger charge is 2.19. The predicted molar refractivity (Wildman–Crippen MR) is 99.3 cm³/mol. The van der Waals surface area contributed by atoms with Crippen molar-refractivity contribution in [3.05, 3.63) is 40.4 Å². The number of methoxy groups -OCH3 is 2. The molecule has 26 heavy (non-hydrogen) atoms. The fraction of sp³-hybridized carbons (Fsp3) is 0.316. The predicted octanol–water partition coefficient (Wildman–Crippen LogP) is 4.08. The van der Waals surface area contributed by atoms with Crippen molar-refractivity contribution in [3.63, 3.8) is 0 Å². The van der Waals surface area contributed by atoms with Crippen LogP contribution < -0.4 is 24.3 Å². The van der Waals surface area contributed by atoms with Gasteiger partial charge in [0.05, 0.1) is 32.5 Å². The second kappa shape index (κ2) is 7.74. The third kappa shape index (κ3) is 3.65. The first kappa shape index (κ1) is 18.2. The molecule has 1 N–H and O–H groups in total. The number of hydrogen-bond acceptors (Lipinski definition) is 5. The van der Waals surface area contributed by atoms with Crippen LogP contribution >= 0.6 is 11.6 Å². The van der Waals surface area contributed by atoms with Crippen LogP contribution in [0.25, 0.3) is 0 Å². The van der Waals surface area contributed by atoms with Crippen molar-refractivity contribution < 1.29 is 23.7 Å². The maximum absolute atomic E-state index is 12.7. The molecule has 0 aromatic heterocycles. The Morgan fingerprint density at radius 2 is 1.77 bits per heavy atom. The van der Waals surface area contributed by atoms with Gasteiger partial charge in [-0.25, -0.2) is 0 Å². The van der Waals surface area contributed by atoms with Crippen LogP contribution in [0.5, 0.6) is 23.0 Å². The first-order valence-electron chi connectivity index (χ1n) is 8.16.